The minimum Gasteiger partial charge on any atom is -0.505 e. The molecule has 22 heavy (non-hydrogen) atoms. The summed E-state index contributed by atoms with van der Waals surface area (Å²) in [5.41, 5.74) is -0.566. The molecule has 1 saturated carbocycles. The highest BCUT2D eigenvalue weighted by Crippen LogP contribution is 2.39. The van der Waals surface area contributed by atoms with Gasteiger partial charge in [-0.1, -0.05) is 19.8 Å². The third-order valence-corrected chi connectivity index (χ3v) is 4.92. The highest BCUT2D eigenvalue weighted by molar-refractivity contribution is 5.82. The van der Waals surface area contributed by atoms with Crippen LogP contribution in [-0.4, -0.2) is 33.7 Å². The number of aliphatic hydroxyl groups is 1. The predicted molar refractivity (Wildman–Crippen MR) is 83.1 cm³/mol. The number of rotatable bonds is 6. The number of pyridine rings is 1. The Kier molecular flexibility index (Phi) is 5.40. The third kappa shape index (κ3) is 3.58. The summed E-state index contributed by atoms with van der Waals surface area (Å²) in [5.74, 6) is 0.561. The van der Waals surface area contributed by atoms with Gasteiger partial charge in [-0.15, -0.1) is 0 Å². The van der Waals surface area contributed by atoms with Crippen molar-refractivity contribution in [1.82, 2.24) is 4.98 Å². The first kappa shape index (κ1) is 16.7. The Morgan fingerprint density at radius 3 is 2.82 bits per heavy atom. The van der Waals surface area contributed by atoms with Gasteiger partial charge in [-0.05, 0) is 38.0 Å². The van der Waals surface area contributed by atoms with Gasteiger partial charge in [0, 0.05) is 0 Å². The first-order valence-electron chi connectivity index (χ1n) is 7.97. The van der Waals surface area contributed by atoms with Gasteiger partial charge in [-0.25, -0.2) is 0 Å². The Balaban J connectivity index is 2.09. The molecule has 1 aromatic heterocycles. The monoisotopic (exact) mass is 307 g/mol. The number of hydrogen-bond acceptors (Lipinski definition) is 5. The molecule has 3 atom stereocenters. The Hall–Kier alpha value is -1.62. The van der Waals surface area contributed by atoms with Crippen molar-refractivity contribution in [2.24, 2.45) is 11.8 Å². The quantitative estimate of drug-likeness (QED) is 0.790. The highest BCUT2D eigenvalue weighted by atomic mass is 16.5. The van der Waals surface area contributed by atoms with Crippen LogP contribution < -0.4 is 4.74 Å². The minimum absolute atomic E-state index is 0.129. The Bertz CT molecular complexity index is 515. The van der Waals surface area contributed by atoms with E-state index in [1.54, 1.807) is 0 Å². The molecule has 5 heteroatoms. The summed E-state index contributed by atoms with van der Waals surface area (Å²) in [6.07, 6.45) is 8.21. The Morgan fingerprint density at radius 1 is 1.41 bits per heavy atom. The molecule has 1 aliphatic rings. The lowest BCUT2D eigenvalue weighted by Crippen LogP contribution is -2.42. The van der Waals surface area contributed by atoms with Gasteiger partial charge in [-0.2, -0.15) is 0 Å². The molecule has 5 nitrogen and oxygen atoms in total. The van der Waals surface area contributed by atoms with Crippen LogP contribution in [0.5, 0.6) is 11.5 Å². The highest BCUT2D eigenvalue weighted by Gasteiger charge is 2.38. The summed E-state index contributed by atoms with van der Waals surface area (Å²) < 4.78 is 5.75. The molecule has 0 radical (unpaired) electrons. The van der Waals surface area contributed by atoms with E-state index in [0.717, 1.165) is 25.7 Å². The molecule has 122 valence electrons. The van der Waals surface area contributed by atoms with Crippen molar-refractivity contribution >= 4 is 6.29 Å². The molecule has 0 bridgehead atoms. The zero-order valence-electron chi connectivity index (χ0n) is 13.3. The second-order valence-electron chi connectivity index (χ2n) is 6.36. The lowest BCUT2D eigenvalue weighted by molar-refractivity contribution is -0.0543. The number of aromatic nitrogens is 1. The summed E-state index contributed by atoms with van der Waals surface area (Å²) in [7, 11) is 0. The van der Waals surface area contributed by atoms with E-state index in [2.05, 4.69) is 4.98 Å². The van der Waals surface area contributed by atoms with Crippen LogP contribution in [-0.2, 0) is 0 Å². The Labute approximate surface area is 131 Å². The first-order chi connectivity index (χ1) is 10.5. The van der Waals surface area contributed by atoms with Crippen LogP contribution in [0.4, 0.5) is 0 Å². The van der Waals surface area contributed by atoms with Gasteiger partial charge >= 0.3 is 0 Å². The van der Waals surface area contributed by atoms with Crippen LogP contribution in [0.15, 0.2) is 12.4 Å². The van der Waals surface area contributed by atoms with Gasteiger partial charge in [0.05, 0.1) is 24.6 Å². The molecule has 0 spiro atoms. The maximum absolute atomic E-state index is 11.1. The number of carbonyl (C=O) groups excluding carboxylic acids is 1. The number of aldehydes is 1. The van der Waals surface area contributed by atoms with E-state index >= 15 is 0 Å². The van der Waals surface area contributed by atoms with Crippen LogP contribution in [0.25, 0.3) is 0 Å². The van der Waals surface area contributed by atoms with Crippen molar-refractivity contribution in [3.8, 4) is 11.5 Å². The van der Waals surface area contributed by atoms with Crippen LogP contribution in [0, 0.1) is 11.8 Å². The SMILES string of the molecule is CCC(C)(O)C1CCCCC1COc1cncc(O)c1C=O. The van der Waals surface area contributed by atoms with Crippen LogP contribution in [0.2, 0.25) is 0 Å². The molecule has 3 unspecified atom stereocenters. The van der Waals surface area contributed by atoms with E-state index in [4.69, 9.17) is 4.74 Å². The molecule has 0 aromatic carbocycles. The summed E-state index contributed by atoms with van der Waals surface area (Å²) >= 11 is 0. The van der Waals surface area contributed by atoms with Crippen molar-refractivity contribution in [3.05, 3.63) is 18.0 Å². The van der Waals surface area contributed by atoms with Crippen molar-refractivity contribution in [1.29, 1.82) is 0 Å². The molecule has 2 N–H and O–H groups in total. The lowest BCUT2D eigenvalue weighted by atomic mass is 9.70. The molecule has 1 fully saturated rings. The molecular weight excluding hydrogens is 282 g/mol. The van der Waals surface area contributed by atoms with Gasteiger partial charge < -0.3 is 14.9 Å². The summed E-state index contributed by atoms with van der Waals surface area (Å²) in [5, 5.41) is 20.2. The standard InChI is InChI=1S/C17H25NO4/c1-3-17(2,21)14-7-5-4-6-12(14)11-22-16-9-18-8-15(20)13(16)10-19/h8-10,12,14,20-21H,3-7,11H2,1-2H3. The average molecular weight is 307 g/mol. The van der Waals surface area contributed by atoms with Gasteiger partial charge in [0.2, 0.25) is 0 Å². The van der Waals surface area contributed by atoms with Gasteiger partial charge in [-0.3, -0.25) is 9.78 Å². The van der Waals surface area contributed by atoms with E-state index in [9.17, 15) is 15.0 Å². The van der Waals surface area contributed by atoms with E-state index in [1.807, 2.05) is 13.8 Å². The summed E-state index contributed by atoms with van der Waals surface area (Å²) in [6.45, 7) is 4.31. The lowest BCUT2D eigenvalue weighted by Gasteiger charge is -2.40. The molecule has 0 amide bonds. The minimum atomic E-state index is -0.695. The zero-order valence-corrected chi connectivity index (χ0v) is 13.3. The van der Waals surface area contributed by atoms with Gasteiger partial charge in [0.15, 0.2) is 12.0 Å². The molecule has 2 rings (SSSR count). The van der Waals surface area contributed by atoms with E-state index < -0.39 is 5.60 Å². The largest absolute Gasteiger partial charge is 0.505 e. The smallest absolute Gasteiger partial charge is 0.157 e. The van der Waals surface area contributed by atoms with Gasteiger partial charge in [0.1, 0.15) is 11.3 Å². The van der Waals surface area contributed by atoms with Crippen molar-refractivity contribution in [2.75, 3.05) is 6.61 Å². The number of nitrogens with zero attached hydrogens (tertiary/aromatic N) is 1. The maximum atomic E-state index is 11.1. The topological polar surface area (TPSA) is 79.7 Å². The fourth-order valence-corrected chi connectivity index (χ4v) is 3.36. The normalized spacial score (nSPS) is 24.5. The molecular formula is C17H25NO4. The summed E-state index contributed by atoms with van der Waals surface area (Å²) in [4.78, 5) is 14.9. The summed E-state index contributed by atoms with van der Waals surface area (Å²) in [6, 6.07) is 0. The number of aromatic hydroxyl groups is 1. The molecule has 1 heterocycles. The fraction of sp³-hybridized carbons (Fsp3) is 0.647. The molecule has 1 aromatic rings. The second-order valence-corrected chi connectivity index (χ2v) is 6.36. The van der Waals surface area contributed by atoms with E-state index in [-0.39, 0.29) is 23.1 Å². The number of hydrogen-bond donors (Lipinski definition) is 2. The van der Waals surface area contributed by atoms with Crippen molar-refractivity contribution in [3.63, 3.8) is 0 Å². The number of ether oxygens (including phenoxy) is 1. The Morgan fingerprint density at radius 2 is 2.14 bits per heavy atom. The van der Waals surface area contributed by atoms with Crippen molar-refractivity contribution in [2.45, 2.75) is 51.6 Å². The van der Waals surface area contributed by atoms with Crippen LogP contribution in [0.1, 0.15) is 56.3 Å². The first-order valence-corrected chi connectivity index (χ1v) is 7.97. The zero-order chi connectivity index (χ0) is 16.2. The number of carbonyl (C=O) groups is 1. The maximum Gasteiger partial charge on any atom is 0.157 e. The van der Waals surface area contributed by atoms with Gasteiger partial charge in [0.25, 0.3) is 0 Å². The van der Waals surface area contributed by atoms with E-state index in [0.29, 0.717) is 25.1 Å². The molecule has 0 aliphatic heterocycles. The average Bonchev–Trinajstić information content (AvgIpc) is 2.53. The predicted octanol–water partition coefficient (Wildman–Crippen LogP) is 2.95. The van der Waals surface area contributed by atoms with Crippen LogP contribution >= 0.6 is 0 Å². The third-order valence-electron chi connectivity index (χ3n) is 4.92. The fourth-order valence-electron chi connectivity index (χ4n) is 3.36. The molecule has 0 saturated heterocycles. The van der Waals surface area contributed by atoms with Crippen molar-refractivity contribution < 1.29 is 19.7 Å². The second kappa shape index (κ2) is 7.09. The van der Waals surface area contributed by atoms with E-state index in [1.165, 1.54) is 12.4 Å². The molecule has 1 aliphatic carbocycles. The van der Waals surface area contributed by atoms with Crippen LogP contribution in [0.3, 0.4) is 0 Å².